The molecule has 184 valence electrons. The van der Waals surface area contributed by atoms with Crippen LogP contribution in [0.1, 0.15) is 17.3 Å². The number of anilines is 3. The SMILES string of the molecule is CC(Sc1cccc(NC(=O)c2ccc([N+](=O)[O-])cc2)c1)C(=O)N1c2ccccc2Sc2ccccc21. The smallest absolute Gasteiger partial charge is 0.269 e. The van der Waals surface area contributed by atoms with E-state index >= 15 is 0 Å². The fourth-order valence-electron chi connectivity index (χ4n) is 3.96. The average molecular weight is 528 g/mol. The summed E-state index contributed by atoms with van der Waals surface area (Å²) in [5.41, 5.74) is 2.54. The Balaban J connectivity index is 1.32. The first-order valence-electron chi connectivity index (χ1n) is 11.4. The summed E-state index contributed by atoms with van der Waals surface area (Å²) in [6.07, 6.45) is 0. The molecule has 5 rings (SSSR count). The average Bonchev–Trinajstić information content (AvgIpc) is 2.91. The third-order valence-corrected chi connectivity index (χ3v) is 7.96. The largest absolute Gasteiger partial charge is 0.322 e. The molecule has 1 aliphatic heterocycles. The van der Waals surface area contributed by atoms with Crippen LogP contribution in [0.25, 0.3) is 0 Å². The van der Waals surface area contributed by atoms with E-state index in [1.165, 1.54) is 36.0 Å². The van der Waals surface area contributed by atoms with Crippen molar-refractivity contribution in [2.45, 2.75) is 26.9 Å². The van der Waals surface area contributed by atoms with E-state index in [4.69, 9.17) is 0 Å². The molecule has 37 heavy (non-hydrogen) atoms. The fourth-order valence-corrected chi connectivity index (χ4v) is 5.99. The number of thioether (sulfide) groups is 1. The van der Waals surface area contributed by atoms with Crippen LogP contribution in [0, 0.1) is 10.1 Å². The number of carbonyl (C=O) groups excluding carboxylic acids is 2. The van der Waals surface area contributed by atoms with Gasteiger partial charge in [-0.3, -0.25) is 24.6 Å². The number of nitrogens with one attached hydrogen (secondary N) is 1. The summed E-state index contributed by atoms with van der Waals surface area (Å²) < 4.78 is 0. The first-order chi connectivity index (χ1) is 17.9. The van der Waals surface area contributed by atoms with Crippen molar-refractivity contribution in [2.75, 3.05) is 10.2 Å². The van der Waals surface area contributed by atoms with Gasteiger partial charge in [-0.25, -0.2) is 0 Å². The highest BCUT2D eigenvalue weighted by Gasteiger charge is 2.31. The maximum Gasteiger partial charge on any atom is 0.269 e. The zero-order valence-corrected chi connectivity index (χ0v) is 21.3. The number of rotatable bonds is 6. The van der Waals surface area contributed by atoms with Gasteiger partial charge in [-0.2, -0.15) is 0 Å². The molecule has 0 saturated heterocycles. The van der Waals surface area contributed by atoms with Crippen molar-refractivity contribution in [3.05, 3.63) is 113 Å². The van der Waals surface area contributed by atoms with Crippen LogP contribution in [0.2, 0.25) is 0 Å². The molecule has 7 nitrogen and oxygen atoms in total. The minimum Gasteiger partial charge on any atom is -0.322 e. The molecule has 0 fully saturated rings. The minimum atomic E-state index is -0.509. The summed E-state index contributed by atoms with van der Waals surface area (Å²) in [5.74, 6) is -0.411. The van der Waals surface area contributed by atoms with E-state index in [1.54, 1.807) is 22.7 Å². The number of para-hydroxylation sites is 2. The number of nitro benzene ring substituents is 1. The molecule has 0 aliphatic carbocycles. The predicted molar refractivity (Wildman–Crippen MR) is 147 cm³/mol. The van der Waals surface area contributed by atoms with Gasteiger partial charge in [0, 0.05) is 38.1 Å². The van der Waals surface area contributed by atoms with E-state index in [1.807, 2.05) is 73.7 Å². The van der Waals surface area contributed by atoms with Crippen LogP contribution >= 0.6 is 23.5 Å². The summed E-state index contributed by atoms with van der Waals surface area (Å²) in [6, 6.07) is 28.5. The lowest BCUT2D eigenvalue weighted by molar-refractivity contribution is -0.384. The lowest BCUT2D eigenvalue weighted by Gasteiger charge is -2.32. The maximum absolute atomic E-state index is 13.7. The normalized spacial score (nSPS) is 12.7. The first-order valence-corrected chi connectivity index (χ1v) is 13.1. The van der Waals surface area contributed by atoms with E-state index in [-0.39, 0.29) is 17.5 Å². The first kappa shape index (κ1) is 24.6. The lowest BCUT2D eigenvalue weighted by atomic mass is 10.2. The maximum atomic E-state index is 13.7. The molecule has 1 aliphatic rings. The second kappa shape index (κ2) is 10.5. The number of fused-ring (bicyclic) bond motifs is 2. The molecular weight excluding hydrogens is 506 g/mol. The molecule has 1 atom stereocenters. The minimum absolute atomic E-state index is 0.0366. The molecule has 0 aromatic heterocycles. The van der Waals surface area contributed by atoms with E-state index in [0.29, 0.717) is 11.3 Å². The quantitative estimate of drug-likeness (QED) is 0.163. The van der Waals surface area contributed by atoms with Crippen LogP contribution in [-0.2, 0) is 4.79 Å². The summed E-state index contributed by atoms with van der Waals surface area (Å²) in [6.45, 7) is 1.88. The molecule has 4 aromatic rings. The Labute approximate surface area is 222 Å². The lowest BCUT2D eigenvalue weighted by Crippen LogP contribution is -2.34. The monoisotopic (exact) mass is 527 g/mol. The zero-order chi connectivity index (χ0) is 25.9. The van der Waals surface area contributed by atoms with Gasteiger partial charge < -0.3 is 5.32 Å². The van der Waals surface area contributed by atoms with Crippen molar-refractivity contribution < 1.29 is 14.5 Å². The molecule has 9 heteroatoms. The van der Waals surface area contributed by atoms with Crippen LogP contribution < -0.4 is 10.2 Å². The van der Waals surface area contributed by atoms with Gasteiger partial charge in [0.15, 0.2) is 0 Å². The number of hydrogen-bond donors (Lipinski definition) is 1. The number of carbonyl (C=O) groups is 2. The molecule has 1 unspecified atom stereocenters. The van der Waals surface area contributed by atoms with E-state index in [2.05, 4.69) is 5.32 Å². The van der Waals surface area contributed by atoms with E-state index in [9.17, 15) is 19.7 Å². The van der Waals surface area contributed by atoms with Gasteiger partial charge in [0.1, 0.15) is 0 Å². The molecule has 2 amide bonds. The summed E-state index contributed by atoms with van der Waals surface area (Å²) >= 11 is 3.07. The molecule has 1 heterocycles. The van der Waals surface area contributed by atoms with Crippen molar-refractivity contribution in [3.8, 4) is 0 Å². The van der Waals surface area contributed by atoms with Crippen LogP contribution in [0.5, 0.6) is 0 Å². The zero-order valence-electron chi connectivity index (χ0n) is 19.7. The molecule has 0 spiro atoms. The van der Waals surface area contributed by atoms with Gasteiger partial charge in [-0.15, -0.1) is 11.8 Å². The van der Waals surface area contributed by atoms with Crippen molar-refractivity contribution in [2.24, 2.45) is 0 Å². The van der Waals surface area contributed by atoms with E-state index in [0.717, 1.165) is 26.1 Å². The third kappa shape index (κ3) is 5.23. The predicted octanol–water partition coefficient (Wildman–Crippen LogP) is 7.16. The van der Waals surface area contributed by atoms with Crippen LogP contribution in [0.15, 0.2) is 112 Å². The Morgan fingerprint density at radius 1 is 0.892 bits per heavy atom. The number of non-ortho nitro benzene ring substituents is 1. The number of amides is 2. The Bertz CT molecular complexity index is 1460. The van der Waals surface area contributed by atoms with Gasteiger partial charge in [-0.1, -0.05) is 42.1 Å². The number of benzene rings is 4. The highest BCUT2D eigenvalue weighted by molar-refractivity contribution is 8.00. The summed E-state index contributed by atoms with van der Waals surface area (Å²) in [4.78, 5) is 41.4. The second-order valence-electron chi connectivity index (χ2n) is 8.26. The molecule has 0 saturated carbocycles. The number of hydrogen-bond acceptors (Lipinski definition) is 6. The highest BCUT2D eigenvalue weighted by Crippen LogP contribution is 2.48. The van der Waals surface area contributed by atoms with Gasteiger partial charge >= 0.3 is 0 Å². The second-order valence-corrected chi connectivity index (χ2v) is 10.8. The van der Waals surface area contributed by atoms with Gasteiger partial charge in [0.2, 0.25) is 5.91 Å². The highest BCUT2D eigenvalue weighted by atomic mass is 32.2. The van der Waals surface area contributed by atoms with E-state index < -0.39 is 10.2 Å². The fraction of sp³-hybridized carbons (Fsp3) is 0.0714. The summed E-state index contributed by atoms with van der Waals surface area (Å²) in [5, 5.41) is 13.3. The Morgan fingerprint density at radius 2 is 1.51 bits per heavy atom. The van der Waals surface area contributed by atoms with Crippen molar-refractivity contribution in [1.82, 2.24) is 0 Å². The van der Waals surface area contributed by atoms with Gasteiger partial charge in [0.05, 0.1) is 21.5 Å². The Kier molecular flexibility index (Phi) is 6.98. The van der Waals surface area contributed by atoms with Gasteiger partial charge in [-0.05, 0) is 61.5 Å². The van der Waals surface area contributed by atoms with Gasteiger partial charge in [0.25, 0.3) is 11.6 Å². The molecule has 4 aromatic carbocycles. The Morgan fingerprint density at radius 3 is 2.14 bits per heavy atom. The van der Waals surface area contributed by atoms with Crippen LogP contribution in [0.4, 0.5) is 22.7 Å². The summed E-state index contributed by atoms with van der Waals surface area (Å²) in [7, 11) is 0. The third-order valence-electron chi connectivity index (χ3n) is 5.75. The molecule has 0 bridgehead atoms. The van der Waals surface area contributed by atoms with Crippen LogP contribution in [-0.4, -0.2) is 22.0 Å². The van der Waals surface area contributed by atoms with Crippen molar-refractivity contribution in [3.63, 3.8) is 0 Å². The van der Waals surface area contributed by atoms with Crippen molar-refractivity contribution in [1.29, 1.82) is 0 Å². The topological polar surface area (TPSA) is 92.5 Å². The molecular formula is C28H21N3O4S2. The number of nitro groups is 1. The molecule has 1 N–H and O–H groups in total. The number of nitrogens with zero attached hydrogens (tertiary/aromatic N) is 2. The molecule has 0 radical (unpaired) electrons. The van der Waals surface area contributed by atoms with Crippen molar-refractivity contribution >= 4 is 58.1 Å². The standard InChI is InChI=1S/C28H21N3O4S2/c1-18(28(33)30-23-9-2-4-11-25(23)37-26-12-5-3-10-24(26)30)36-22-8-6-7-20(17-22)29-27(32)19-13-15-21(16-14-19)31(34)35/h2-18H,1H3,(H,29,32). The Hall–Kier alpha value is -4.08. The van der Waals surface area contributed by atoms with Crippen LogP contribution in [0.3, 0.4) is 0 Å².